The number of rotatable bonds is 6. The Morgan fingerprint density at radius 3 is 2.71 bits per heavy atom. The second-order valence-corrected chi connectivity index (χ2v) is 4.75. The fraction of sp³-hybridized carbons (Fsp3) is 0.467. The fourth-order valence-electron chi connectivity index (χ4n) is 1.61. The van der Waals surface area contributed by atoms with Crippen molar-refractivity contribution < 1.29 is 4.74 Å². The van der Waals surface area contributed by atoms with E-state index in [-0.39, 0.29) is 0 Å². The number of benzene rings is 1. The monoisotopic (exact) mass is 233 g/mol. The predicted octanol–water partition coefficient (Wildman–Crippen LogP) is 3.27. The van der Waals surface area contributed by atoms with E-state index in [2.05, 4.69) is 50.9 Å². The van der Waals surface area contributed by atoms with Gasteiger partial charge in [0.05, 0.1) is 0 Å². The topological polar surface area (TPSA) is 21.3 Å². The molecular formula is C15H23NO. The van der Waals surface area contributed by atoms with Gasteiger partial charge in [-0.2, -0.15) is 0 Å². The van der Waals surface area contributed by atoms with E-state index >= 15 is 0 Å². The third-order valence-electron chi connectivity index (χ3n) is 2.74. The molecule has 0 saturated heterocycles. The van der Waals surface area contributed by atoms with Gasteiger partial charge >= 0.3 is 0 Å². The molecule has 1 aromatic rings. The summed E-state index contributed by atoms with van der Waals surface area (Å²) < 4.78 is 5.80. The molecule has 0 spiro atoms. The van der Waals surface area contributed by atoms with Gasteiger partial charge in [-0.25, -0.2) is 0 Å². The summed E-state index contributed by atoms with van der Waals surface area (Å²) in [7, 11) is 1.91. The molecule has 0 fully saturated rings. The van der Waals surface area contributed by atoms with Crippen LogP contribution in [0.25, 0.3) is 0 Å². The summed E-state index contributed by atoms with van der Waals surface area (Å²) in [5, 5.41) is 3.07. The fourth-order valence-corrected chi connectivity index (χ4v) is 1.61. The number of aryl methyl sites for hydroxylation is 1. The summed E-state index contributed by atoms with van der Waals surface area (Å²) in [6.07, 6.45) is 0. The number of likely N-dealkylation sites (N-methyl/N-ethyl adjacent to an activating group) is 1. The maximum Gasteiger partial charge on any atom is 0.122 e. The molecule has 1 rings (SSSR count). The maximum absolute atomic E-state index is 5.80. The van der Waals surface area contributed by atoms with Crippen LogP contribution in [0.5, 0.6) is 5.75 Å². The first-order chi connectivity index (χ1) is 8.04. The van der Waals surface area contributed by atoms with Crippen molar-refractivity contribution in [2.45, 2.75) is 26.7 Å². The summed E-state index contributed by atoms with van der Waals surface area (Å²) >= 11 is 0. The average Bonchev–Trinajstić information content (AvgIpc) is 2.28. The molecule has 0 aliphatic heterocycles. The van der Waals surface area contributed by atoms with Crippen LogP contribution >= 0.6 is 0 Å². The van der Waals surface area contributed by atoms with Crippen LogP contribution in [0.3, 0.4) is 0 Å². The Hall–Kier alpha value is -1.28. The van der Waals surface area contributed by atoms with Crippen LogP contribution in [0.2, 0.25) is 0 Å². The molecule has 0 saturated carbocycles. The minimum Gasteiger partial charge on any atom is -0.489 e. The van der Waals surface area contributed by atoms with E-state index in [1.807, 2.05) is 7.05 Å². The molecule has 0 radical (unpaired) electrons. The lowest BCUT2D eigenvalue weighted by Crippen LogP contribution is -2.14. The highest BCUT2D eigenvalue weighted by atomic mass is 16.5. The molecule has 17 heavy (non-hydrogen) atoms. The van der Waals surface area contributed by atoms with Crippen LogP contribution in [-0.4, -0.2) is 20.2 Å². The molecule has 0 atom stereocenters. The van der Waals surface area contributed by atoms with E-state index in [1.165, 1.54) is 11.1 Å². The summed E-state index contributed by atoms with van der Waals surface area (Å²) in [6.45, 7) is 11.8. The molecule has 2 nitrogen and oxygen atoms in total. The SMILES string of the molecule is C=C(CNC)COc1cc(C(C)C)ccc1C. The van der Waals surface area contributed by atoms with Crippen LogP contribution in [0, 0.1) is 6.92 Å². The average molecular weight is 233 g/mol. The summed E-state index contributed by atoms with van der Waals surface area (Å²) in [5.74, 6) is 1.49. The molecule has 0 aromatic heterocycles. The highest BCUT2D eigenvalue weighted by Gasteiger charge is 2.05. The van der Waals surface area contributed by atoms with Gasteiger partial charge in [-0.3, -0.25) is 0 Å². The standard InChI is InChI=1S/C15H23NO/c1-11(2)14-7-6-13(4)15(8-14)17-10-12(3)9-16-5/h6-8,11,16H,3,9-10H2,1-2,4-5H3. The van der Waals surface area contributed by atoms with Crippen LogP contribution < -0.4 is 10.1 Å². The van der Waals surface area contributed by atoms with Crippen molar-refractivity contribution in [3.05, 3.63) is 41.5 Å². The molecule has 0 aliphatic carbocycles. The Morgan fingerprint density at radius 1 is 1.41 bits per heavy atom. The van der Waals surface area contributed by atoms with E-state index in [4.69, 9.17) is 4.74 Å². The molecule has 0 heterocycles. The molecule has 2 heteroatoms. The van der Waals surface area contributed by atoms with E-state index in [0.29, 0.717) is 12.5 Å². The van der Waals surface area contributed by atoms with E-state index in [0.717, 1.165) is 17.9 Å². The second-order valence-electron chi connectivity index (χ2n) is 4.75. The van der Waals surface area contributed by atoms with Crippen molar-refractivity contribution in [2.24, 2.45) is 0 Å². The minimum absolute atomic E-state index is 0.526. The van der Waals surface area contributed by atoms with Gasteiger partial charge in [-0.1, -0.05) is 32.6 Å². The van der Waals surface area contributed by atoms with Gasteiger partial charge in [0, 0.05) is 6.54 Å². The van der Waals surface area contributed by atoms with Crippen LogP contribution in [0.1, 0.15) is 30.9 Å². The Labute approximate surface area is 105 Å². The first-order valence-corrected chi connectivity index (χ1v) is 6.09. The lowest BCUT2D eigenvalue weighted by atomic mass is 10.0. The largest absolute Gasteiger partial charge is 0.489 e. The van der Waals surface area contributed by atoms with Gasteiger partial charge in [-0.15, -0.1) is 0 Å². The van der Waals surface area contributed by atoms with Gasteiger partial charge in [0.1, 0.15) is 12.4 Å². The smallest absolute Gasteiger partial charge is 0.122 e. The van der Waals surface area contributed by atoms with Crippen molar-refractivity contribution in [3.8, 4) is 5.75 Å². The Kier molecular flexibility index (Phi) is 5.23. The molecule has 1 aromatic carbocycles. The summed E-state index contributed by atoms with van der Waals surface area (Å²) in [5.41, 5.74) is 3.54. The lowest BCUT2D eigenvalue weighted by Gasteiger charge is -2.13. The van der Waals surface area contributed by atoms with Gasteiger partial charge < -0.3 is 10.1 Å². The molecule has 0 amide bonds. The van der Waals surface area contributed by atoms with Gasteiger partial charge in [-0.05, 0) is 42.7 Å². The number of ether oxygens (including phenoxy) is 1. The zero-order valence-corrected chi connectivity index (χ0v) is 11.3. The van der Waals surface area contributed by atoms with Crippen molar-refractivity contribution >= 4 is 0 Å². The van der Waals surface area contributed by atoms with Crippen molar-refractivity contribution in [2.75, 3.05) is 20.2 Å². The predicted molar refractivity (Wildman–Crippen MR) is 73.8 cm³/mol. The number of hydrogen-bond donors (Lipinski definition) is 1. The van der Waals surface area contributed by atoms with Gasteiger partial charge in [0.25, 0.3) is 0 Å². The molecule has 0 unspecified atom stereocenters. The highest BCUT2D eigenvalue weighted by Crippen LogP contribution is 2.24. The normalized spacial score (nSPS) is 10.6. The first-order valence-electron chi connectivity index (χ1n) is 6.09. The van der Waals surface area contributed by atoms with E-state index in [9.17, 15) is 0 Å². The molecular weight excluding hydrogens is 210 g/mol. The quantitative estimate of drug-likeness (QED) is 0.761. The van der Waals surface area contributed by atoms with E-state index in [1.54, 1.807) is 0 Å². The van der Waals surface area contributed by atoms with Crippen molar-refractivity contribution in [1.82, 2.24) is 5.32 Å². The summed E-state index contributed by atoms with van der Waals surface area (Å²) in [4.78, 5) is 0. The van der Waals surface area contributed by atoms with Gasteiger partial charge in [0.2, 0.25) is 0 Å². The minimum atomic E-state index is 0.526. The Bertz CT molecular complexity index is 383. The van der Waals surface area contributed by atoms with E-state index < -0.39 is 0 Å². The third kappa shape index (κ3) is 4.23. The van der Waals surface area contributed by atoms with Crippen molar-refractivity contribution in [3.63, 3.8) is 0 Å². The molecule has 1 N–H and O–H groups in total. The molecule has 94 valence electrons. The number of hydrogen-bond acceptors (Lipinski definition) is 2. The zero-order valence-electron chi connectivity index (χ0n) is 11.3. The third-order valence-corrected chi connectivity index (χ3v) is 2.74. The highest BCUT2D eigenvalue weighted by molar-refractivity contribution is 5.38. The summed E-state index contributed by atoms with van der Waals surface area (Å²) in [6, 6.07) is 6.41. The first kappa shape index (κ1) is 13.8. The van der Waals surface area contributed by atoms with Crippen LogP contribution in [0.4, 0.5) is 0 Å². The maximum atomic E-state index is 5.80. The Morgan fingerprint density at radius 2 is 2.12 bits per heavy atom. The lowest BCUT2D eigenvalue weighted by molar-refractivity contribution is 0.346. The van der Waals surface area contributed by atoms with Crippen LogP contribution in [-0.2, 0) is 0 Å². The molecule has 0 aliphatic rings. The molecule has 0 bridgehead atoms. The zero-order chi connectivity index (χ0) is 12.8. The van der Waals surface area contributed by atoms with Crippen molar-refractivity contribution in [1.29, 1.82) is 0 Å². The van der Waals surface area contributed by atoms with Gasteiger partial charge in [0.15, 0.2) is 0 Å². The number of nitrogens with one attached hydrogen (secondary N) is 1. The van der Waals surface area contributed by atoms with Crippen LogP contribution in [0.15, 0.2) is 30.4 Å². The Balaban J connectivity index is 2.69. The second kappa shape index (κ2) is 6.45.